The molecular formula is C12H20N2O2S. The molecule has 17 heavy (non-hydrogen) atoms. The van der Waals surface area contributed by atoms with Gasteiger partial charge in [0.25, 0.3) is 0 Å². The van der Waals surface area contributed by atoms with Crippen molar-refractivity contribution < 1.29 is 9.53 Å². The minimum Gasteiger partial charge on any atom is -0.469 e. The number of carbonyl (C=O) groups excluding carboxylic acids is 1. The van der Waals surface area contributed by atoms with Gasteiger partial charge in [0, 0.05) is 10.9 Å². The molecule has 0 radical (unpaired) electrons. The second-order valence-electron chi connectivity index (χ2n) is 4.66. The molecule has 96 valence electrons. The molecular weight excluding hydrogens is 236 g/mol. The molecule has 0 unspecified atom stereocenters. The highest BCUT2D eigenvalue weighted by atomic mass is 32.1. The number of anilines is 1. The number of nitrogens with one attached hydrogen (secondary N) is 1. The van der Waals surface area contributed by atoms with Gasteiger partial charge in [0.1, 0.15) is 0 Å². The van der Waals surface area contributed by atoms with Crippen molar-refractivity contribution in [2.45, 2.75) is 45.6 Å². The number of methoxy groups -OCH3 is 1. The van der Waals surface area contributed by atoms with Gasteiger partial charge in [-0.3, -0.25) is 4.79 Å². The molecule has 0 saturated heterocycles. The number of rotatable bonds is 6. The van der Waals surface area contributed by atoms with Gasteiger partial charge in [-0.15, -0.1) is 11.3 Å². The van der Waals surface area contributed by atoms with Gasteiger partial charge in [0.2, 0.25) is 0 Å². The molecule has 0 bridgehead atoms. The Morgan fingerprint density at radius 2 is 2.29 bits per heavy atom. The zero-order valence-corrected chi connectivity index (χ0v) is 11.7. The Morgan fingerprint density at radius 1 is 1.59 bits per heavy atom. The third kappa shape index (κ3) is 4.73. The van der Waals surface area contributed by atoms with Gasteiger partial charge in [0.05, 0.1) is 19.2 Å². The van der Waals surface area contributed by atoms with Crippen molar-refractivity contribution in [1.82, 2.24) is 4.98 Å². The Morgan fingerprint density at radius 3 is 2.88 bits per heavy atom. The molecule has 0 amide bonds. The molecule has 1 N–H and O–H groups in total. The van der Waals surface area contributed by atoms with E-state index in [9.17, 15) is 4.79 Å². The molecule has 0 fully saturated rings. The van der Waals surface area contributed by atoms with Crippen LogP contribution in [0.4, 0.5) is 5.13 Å². The molecule has 1 aromatic rings. The molecule has 0 saturated carbocycles. The number of ether oxygens (including phenoxy) is 1. The smallest absolute Gasteiger partial charge is 0.311 e. The van der Waals surface area contributed by atoms with Crippen LogP contribution in [0, 0.1) is 0 Å². The summed E-state index contributed by atoms with van der Waals surface area (Å²) in [6.07, 6.45) is 2.45. The van der Waals surface area contributed by atoms with Crippen molar-refractivity contribution in [2.75, 3.05) is 12.4 Å². The van der Waals surface area contributed by atoms with Gasteiger partial charge in [-0.2, -0.15) is 0 Å². The molecule has 1 aromatic heterocycles. The van der Waals surface area contributed by atoms with Gasteiger partial charge in [-0.05, 0) is 20.3 Å². The number of hydrogen-bond donors (Lipinski definition) is 1. The lowest BCUT2D eigenvalue weighted by atomic mass is 10.00. The van der Waals surface area contributed by atoms with Crippen molar-refractivity contribution in [2.24, 2.45) is 0 Å². The molecule has 5 heteroatoms. The molecule has 0 aromatic carbocycles. The average Bonchev–Trinajstić information content (AvgIpc) is 2.64. The van der Waals surface area contributed by atoms with E-state index in [0.717, 1.165) is 23.7 Å². The highest BCUT2D eigenvalue weighted by molar-refractivity contribution is 7.13. The van der Waals surface area contributed by atoms with E-state index in [1.54, 1.807) is 0 Å². The van der Waals surface area contributed by atoms with Crippen LogP contribution in [0.5, 0.6) is 0 Å². The lowest BCUT2D eigenvalue weighted by molar-refractivity contribution is -0.139. The van der Waals surface area contributed by atoms with Gasteiger partial charge < -0.3 is 10.1 Å². The van der Waals surface area contributed by atoms with Crippen molar-refractivity contribution in [1.29, 1.82) is 0 Å². The first-order chi connectivity index (χ1) is 7.96. The summed E-state index contributed by atoms with van der Waals surface area (Å²) < 4.78 is 4.61. The summed E-state index contributed by atoms with van der Waals surface area (Å²) in [6.45, 7) is 6.46. The predicted molar refractivity (Wildman–Crippen MR) is 70.4 cm³/mol. The summed E-state index contributed by atoms with van der Waals surface area (Å²) in [7, 11) is 1.39. The fourth-order valence-electron chi connectivity index (χ4n) is 1.64. The second-order valence-corrected chi connectivity index (χ2v) is 5.51. The zero-order chi connectivity index (χ0) is 12.9. The van der Waals surface area contributed by atoms with Crippen molar-refractivity contribution in [3.8, 4) is 0 Å². The Balaban J connectivity index is 2.59. The first-order valence-electron chi connectivity index (χ1n) is 5.76. The highest BCUT2D eigenvalue weighted by Crippen LogP contribution is 2.23. The van der Waals surface area contributed by atoms with E-state index in [1.165, 1.54) is 18.4 Å². The molecule has 0 atom stereocenters. The van der Waals surface area contributed by atoms with E-state index in [1.807, 2.05) is 5.38 Å². The number of thiazole rings is 1. The first-order valence-corrected chi connectivity index (χ1v) is 6.64. The predicted octanol–water partition coefficient (Wildman–Crippen LogP) is 2.85. The fraction of sp³-hybridized carbons (Fsp3) is 0.667. The van der Waals surface area contributed by atoms with E-state index in [4.69, 9.17) is 0 Å². The first kappa shape index (κ1) is 14.0. The monoisotopic (exact) mass is 256 g/mol. The summed E-state index contributed by atoms with van der Waals surface area (Å²) in [5.41, 5.74) is 0.798. The van der Waals surface area contributed by atoms with Crippen LogP contribution in [0.15, 0.2) is 5.38 Å². The Kier molecular flexibility index (Phi) is 4.93. The molecule has 0 aliphatic carbocycles. The molecule has 1 heterocycles. The van der Waals surface area contributed by atoms with Gasteiger partial charge in [-0.1, -0.05) is 13.3 Å². The zero-order valence-electron chi connectivity index (χ0n) is 10.9. The summed E-state index contributed by atoms with van der Waals surface area (Å²) in [4.78, 5) is 15.5. The molecule has 1 rings (SSSR count). The maximum Gasteiger partial charge on any atom is 0.311 e. The van der Waals surface area contributed by atoms with Crippen molar-refractivity contribution in [3.05, 3.63) is 11.1 Å². The fourth-order valence-corrected chi connectivity index (χ4v) is 2.53. The third-order valence-corrected chi connectivity index (χ3v) is 3.23. The molecule has 4 nitrogen and oxygen atoms in total. The van der Waals surface area contributed by atoms with E-state index in [0.29, 0.717) is 0 Å². The van der Waals surface area contributed by atoms with Crippen LogP contribution in [0.25, 0.3) is 0 Å². The number of aromatic nitrogens is 1. The van der Waals surface area contributed by atoms with Crippen LogP contribution < -0.4 is 5.32 Å². The van der Waals surface area contributed by atoms with E-state index < -0.39 is 0 Å². The van der Waals surface area contributed by atoms with Crippen molar-refractivity contribution >= 4 is 22.4 Å². The molecule has 0 spiro atoms. The van der Waals surface area contributed by atoms with E-state index in [-0.39, 0.29) is 17.9 Å². The SMILES string of the molecule is CCCC(C)(C)Nc1nc(CC(=O)OC)cs1. The summed E-state index contributed by atoms with van der Waals surface area (Å²) in [5, 5.41) is 6.14. The normalized spacial score (nSPS) is 11.3. The summed E-state index contributed by atoms with van der Waals surface area (Å²) >= 11 is 1.52. The van der Waals surface area contributed by atoms with Gasteiger partial charge in [-0.25, -0.2) is 4.98 Å². The second kappa shape index (κ2) is 6.00. The van der Waals surface area contributed by atoms with Crippen molar-refractivity contribution in [3.63, 3.8) is 0 Å². The maximum atomic E-state index is 11.1. The quantitative estimate of drug-likeness (QED) is 0.795. The number of nitrogens with zero attached hydrogens (tertiary/aromatic N) is 1. The topological polar surface area (TPSA) is 51.2 Å². The van der Waals surface area contributed by atoms with Crippen LogP contribution in [0.1, 0.15) is 39.3 Å². The standard InChI is InChI=1S/C12H20N2O2S/c1-5-6-12(2,3)14-11-13-9(8-17-11)7-10(15)16-4/h8H,5-7H2,1-4H3,(H,13,14). The Hall–Kier alpha value is -1.10. The third-order valence-electron chi connectivity index (χ3n) is 2.43. The van der Waals surface area contributed by atoms with Gasteiger partial charge in [0.15, 0.2) is 5.13 Å². The van der Waals surface area contributed by atoms with E-state index >= 15 is 0 Å². The lowest BCUT2D eigenvalue weighted by Gasteiger charge is -2.25. The lowest BCUT2D eigenvalue weighted by Crippen LogP contribution is -2.30. The Bertz CT molecular complexity index is 374. The maximum absolute atomic E-state index is 11.1. The molecule has 0 aliphatic rings. The highest BCUT2D eigenvalue weighted by Gasteiger charge is 2.18. The minimum atomic E-state index is -0.255. The van der Waals surface area contributed by atoms with E-state index in [2.05, 4.69) is 35.8 Å². The largest absolute Gasteiger partial charge is 0.469 e. The van der Waals surface area contributed by atoms with Crippen LogP contribution in [-0.4, -0.2) is 23.6 Å². The van der Waals surface area contributed by atoms with Crippen LogP contribution in [0.2, 0.25) is 0 Å². The minimum absolute atomic E-state index is 0.0368. The Labute approximate surface area is 106 Å². The van der Waals surface area contributed by atoms with Crippen LogP contribution in [0.3, 0.4) is 0 Å². The summed E-state index contributed by atoms with van der Waals surface area (Å²) in [6, 6.07) is 0. The van der Waals surface area contributed by atoms with Gasteiger partial charge >= 0.3 is 5.97 Å². The molecule has 0 aliphatic heterocycles. The number of carbonyl (C=O) groups is 1. The van der Waals surface area contributed by atoms with Crippen LogP contribution >= 0.6 is 11.3 Å². The van der Waals surface area contributed by atoms with Crippen LogP contribution in [-0.2, 0) is 16.0 Å². The number of esters is 1. The summed E-state index contributed by atoms with van der Waals surface area (Å²) in [5.74, 6) is -0.255. The average molecular weight is 256 g/mol. The number of hydrogen-bond acceptors (Lipinski definition) is 5.